The number of primary amides is 1. The van der Waals surface area contributed by atoms with Crippen LogP contribution in [0.25, 0.3) is 0 Å². The number of hydrogen-bond acceptors (Lipinski definition) is 7. The van der Waals surface area contributed by atoms with E-state index in [4.69, 9.17) is 15.2 Å². The van der Waals surface area contributed by atoms with Crippen LogP contribution in [0.3, 0.4) is 0 Å². The van der Waals surface area contributed by atoms with Crippen LogP contribution in [0.4, 0.5) is 5.69 Å². The fraction of sp³-hybridized carbons (Fsp3) is 0.318. The van der Waals surface area contributed by atoms with Crippen LogP contribution in [-0.4, -0.2) is 42.5 Å². The largest absolute Gasteiger partial charge is 0.466 e. The zero-order valence-electron chi connectivity index (χ0n) is 17.7. The lowest BCUT2D eigenvalue weighted by Gasteiger charge is -2.27. The maximum Gasteiger partial charge on any atom is 0.306 e. The third-order valence-electron chi connectivity index (χ3n) is 4.81. The molecular formula is C22H25N3O7. The van der Waals surface area contributed by atoms with Gasteiger partial charge in [0.25, 0.3) is 11.6 Å². The Labute approximate surface area is 184 Å². The van der Waals surface area contributed by atoms with E-state index in [1.807, 2.05) is 0 Å². The van der Waals surface area contributed by atoms with Gasteiger partial charge in [0.2, 0.25) is 5.91 Å². The zero-order valence-corrected chi connectivity index (χ0v) is 17.7. The molecule has 0 aliphatic carbocycles. The summed E-state index contributed by atoms with van der Waals surface area (Å²) >= 11 is 0. The molecule has 10 nitrogen and oxygen atoms in total. The summed E-state index contributed by atoms with van der Waals surface area (Å²) in [7, 11) is 1.35. The molecule has 0 saturated heterocycles. The van der Waals surface area contributed by atoms with Gasteiger partial charge in [0.05, 0.1) is 18.0 Å². The Balaban J connectivity index is 2.37. The number of rotatable bonds is 11. The van der Waals surface area contributed by atoms with Crippen molar-refractivity contribution in [2.24, 2.45) is 5.73 Å². The third-order valence-corrected chi connectivity index (χ3v) is 4.81. The van der Waals surface area contributed by atoms with Crippen molar-refractivity contribution in [1.82, 2.24) is 5.32 Å². The number of ether oxygens (including phenoxy) is 2. The first-order chi connectivity index (χ1) is 15.3. The van der Waals surface area contributed by atoms with E-state index in [0.717, 1.165) is 0 Å². The predicted octanol–water partition coefficient (Wildman–Crippen LogP) is 1.99. The maximum absolute atomic E-state index is 12.9. The summed E-state index contributed by atoms with van der Waals surface area (Å²) in [6, 6.07) is 12.7. The molecule has 2 aromatic carbocycles. The van der Waals surface area contributed by atoms with Crippen molar-refractivity contribution in [1.29, 1.82) is 0 Å². The van der Waals surface area contributed by atoms with E-state index >= 15 is 0 Å². The van der Waals surface area contributed by atoms with Crippen molar-refractivity contribution >= 4 is 23.5 Å². The molecule has 10 heteroatoms. The zero-order chi connectivity index (χ0) is 23.7. The number of methoxy groups -OCH3 is 1. The Morgan fingerprint density at radius 1 is 1.06 bits per heavy atom. The molecule has 0 heterocycles. The minimum Gasteiger partial charge on any atom is -0.466 e. The van der Waals surface area contributed by atoms with Crippen LogP contribution in [0.15, 0.2) is 54.6 Å². The molecule has 3 N–H and O–H groups in total. The fourth-order valence-corrected chi connectivity index (χ4v) is 3.29. The molecule has 0 bridgehead atoms. The number of carbonyl (C=O) groups is 3. The Kier molecular flexibility index (Phi) is 8.84. The Hall–Kier alpha value is -3.79. The van der Waals surface area contributed by atoms with Crippen LogP contribution in [0.2, 0.25) is 0 Å². The van der Waals surface area contributed by atoms with E-state index in [1.165, 1.54) is 31.4 Å². The summed E-state index contributed by atoms with van der Waals surface area (Å²) < 4.78 is 10.3. The highest BCUT2D eigenvalue weighted by Crippen LogP contribution is 2.27. The van der Waals surface area contributed by atoms with Crippen molar-refractivity contribution in [3.8, 4) is 0 Å². The molecule has 3 atom stereocenters. The van der Waals surface area contributed by atoms with Crippen molar-refractivity contribution in [3.63, 3.8) is 0 Å². The molecule has 0 aliphatic heterocycles. The van der Waals surface area contributed by atoms with Crippen molar-refractivity contribution in [2.75, 3.05) is 13.7 Å². The van der Waals surface area contributed by atoms with Gasteiger partial charge in [-0.3, -0.25) is 24.5 Å². The Morgan fingerprint density at radius 2 is 1.69 bits per heavy atom. The molecule has 170 valence electrons. The van der Waals surface area contributed by atoms with E-state index in [2.05, 4.69) is 5.32 Å². The number of nitro benzene ring substituents is 1. The van der Waals surface area contributed by atoms with Gasteiger partial charge < -0.3 is 20.5 Å². The van der Waals surface area contributed by atoms with Gasteiger partial charge in [-0.05, 0) is 18.1 Å². The Morgan fingerprint density at radius 3 is 2.19 bits per heavy atom. The highest BCUT2D eigenvalue weighted by molar-refractivity contribution is 5.90. The first-order valence-electron chi connectivity index (χ1n) is 9.85. The van der Waals surface area contributed by atoms with Gasteiger partial charge in [-0.1, -0.05) is 42.5 Å². The van der Waals surface area contributed by atoms with Crippen LogP contribution in [0, 0.1) is 10.1 Å². The third kappa shape index (κ3) is 6.35. The average molecular weight is 443 g/mol. The number of nitrogens with one attached hydrogen (secondary N) is 1. The van der Waals surface area contributed by atoms with Crippen molar-refractivity contribution < 1.29 is 28.8 Å². The SMILES string of the molecule is CCOC(=O)C[C@@H](c1ccc([N+](=O)[O-])cc1)[C@H](NC(=O)[C@H](OC)c1ccccc1)C(N)=O. The molecule has 0 radical (unpaired) electrons. The molecule has 0 spiro atoms. The summed E-state index contributed by atoms with van der Waals surface area (Å²) in [5.74, 6) is -3.03. The second kappa shape index (κ2) is 11.6. The molecule has 0 aromatic heterocycles. The van der Waals surface area contributed by atoms with Crippen LogP contribution in [0.1, 0.15) is 36.5 Å². The topological polar surface area (TPSA) is 151 Å². The molecule has 0 unspecified atom stereocenters. The summed E-state index contributed by atoms with van der Waals surface area (Å²) in [6.07, 6.45) is -1.29. The van der Waals surface area contributed by atoms with Crippen LogP contribution in [-0.2, 0) is 23.9 Å². The minimum atomic E-state index is -1.30. The lowest BCUT2D eigenvalue weighted by atomic mass is 9.87. The molecule has 0 saturated carbocycles. The van der Waals surface area contributed by atoms with E-state index < -0.39 is 40.8 Å². The van der Waals surface area contributed by atoms with E-state index in [1.54, 1.807) is 37.3 Å². The fourth-order valence-electron chi connectivity index (χ4n) is 3.29. The van der Waals surface area contributed by atoms with Gasteiger partial charge in [0.15, 0.2) is 6.10 Å². The second-order valence-electron chi connectivity index (χ2n) is 6.88. The molecule has 0 aliphatic rings. The molecule has 2 amide bonds. The quantitative estimate of drug-likeness (QED) is 0.306. The smallest absolute Gasteiger partial charge is 0.306 e. The molecular weight excluding hydrogens is 418 g/mol. The first kappa shape index (κ1) is 24.5. The number of nitrogens with two attached hydrogens (primary N) is 1. The monoisotopic (exact) mass is 443 g/mol. The number of non-ortho nitro benzene ring substituents is 1. The summed E-state index contributed by atoms with van der Waals surface area (Å²) in [5, 5.41) is 13.5. The number of esters is 1. The van der Waals surface area contributed by atoms with Gasteiger partial charge in [0.1, 0.15) is 6.04 Å². The second-order valence-corrected chi connectivity index (χ2v) is 6.88. The van der Waals surface area contributed by atoms with Gasteiger partial charge in [0, 0.05) is 25.2 Å². The van der Waals surface area contributed by atoms with Gasteiger partial charge in [-0.15, -0.1) is 0 Å². The average Bonchev–Trinajstić information content (AvgIpc) is 2.77. The number of carbonyl (C=O) groups excluding carboxylic acids is 3. The molecule has 32 heavy (non-hydrogen) atoms. The van der Waals surface area contributed by atoms with E-state index in [9.17, 15) is 24.5 Å². The lowest BCUT2D eigenvalue weighted by Crippen LogP contribution is -2.50. The standard InChI is InChI=1S/C22H25N3O7/c1-3-32-18(26)13-17(14-9-11-16(12-10-14)25(29)30)19(21(23)27)24-22(28)20(31-2)15-7-5-4-6-8-15/h4-12,17,19-20H,3,13H2,1-2H3,(H2,23,27)(H,24,28)/t17-,19-,20+/m0/s1. The predicted molar refractivity (Wildman–Crippen MR) is 114 cm³/mol. The number of hydrogen-bond donors (Lipinski definition) is 2. The Bertz CT molecular complexity index is 948. The highest BCUT2D eigenvalue weighted by Gasteiger charge is 2.34. The summed E-state index contributed by atoms with van der Waals surface area (Å²) in [4.78, 5) is 47.8. The summed E-state index contributed by atoms with van der Waals surface area (Å²) in [6.45, 7) is 1.76. The lowest BCUT2D eigenvalue weighted by molar-refractivity contribution is -0.384. The first-order valence-corrected chi connectivity index (χ1v) is 9.85. The molecule has 0 fully saturated rings. The van der Waals surface area contributed by atoms with Crippen LogP contribution < -0.4 is 11.1 Å². The number of amides is 2. The van der Waals surface area contributed by atoms with Gasteiger partial charge in [-0.2, -0.15) is 0 Å². The summed E-state index contributed by atoms with van der Waals surface area (Å²) in [5.41, 5.74) is 6.38. The number of nitrogens with zero attached hydrogens (tertiary/aromatic N) is 1. The normalized spacial score (nSPS) is 13.4. The molecule has 2 aromatic rings. The van der Waals surface area contributed by atoms with Crippen LogP contribution in [0.5, 0.6) is 0 Å². The number of nitro groups is 1. The van der Waals surface area contributed by atoms with Crippen molar-refractivity contribution in [3.05, 3.63) is 75.8 Å². The van der Waals surface area contributed by atoms with Crippen molar-refractivity contribution in [2.45, 2.75) is 31.4 Å². The van der Waals surface area contributed by atoms with Gasteiger partial charge in [-0.25, -0.2) is 0 Å². The van der Waals surface area contributed by atoms with Gasteiger partial charge >= 0.3 is 5.97 Å². The maximum atomic E-state index is 12.9. The number of benzene rings is 2. The molecule has 2 rings (SSSR count). The highest BCUT2D eigenvalue weighted by atomic mass is 16.6. The van der Waals surface area contributed by atoms with Crippen LogP contribution >= 0.6 is 0 Å². The minimum absolute atomic E-state index is 0.124. The van der Waals surface area contributed by atoms with E-state index in [0.29, 0.717) is 11.1 Å². The van der Waals surface area contributed by atoms with E-state index in [-0.39, 0.29) is 18.7 Å².